The van der Waals surface area contributed by atoms with Gasteiger partial charge in [0.1, 0.15) is 12.1 Å². The monoisotopic (exact) mass is 426 g/mol. The minimum absolute atomic E-state index is 0.0136. The number of ether oxygens (including phenoxy) is 2. The third-order valence-electron chi connectivity index (χ3n) is 6.21. The highest BCUT2D eigenvalue weighted by atomic mass is 16.6. The number of hydrogen-bond acceptors (Lipinski definition) is 6. The Hall–Kier alpha value is -2.77. The van der Waals surface area contributed by atoms with E-state index < -0.39 is 36.1 Å². The molecule has 1 heterocycles. The van der Waals surface area contributed by atoms with Crippen LogP contribution in [0.15, 0.2) is 60.7 Å². The van der Waals surface area contributed by atoms with Gasteiger partial charge < -0.3 is 9.47 Å². The van der Waals surface area contributed by atoms with Crippen LogP contribution in [-0.4, -0.2) is 36.2 Å². The molecule has 2 aromatic carbocycles. The summed E-state index contributed by atoms with van der Waals surface area (Å²) >= 11 is 0. The lowest BCUT2D eigenvalue weighted by Crippen LogP contribution is -2.48. The first-order chi connectivity index (χ1) is 15.0. The lowest BCUT2D eigenvalue weighted by Gasteiger charge is -2.32. The normalized spacial score (nSPS) is 25.0. The highest BCUT2D eigenvalue weighted by Gasteiger charge is 2.58. The number of esters is 1. The molecule has 1 N–H and O–H groups in total. The van der Waals surface area contributed by atoms with Gasteiger partial charge in [0.15, 0.2) is 0 Å². The van der Waals surface area contributed by atoms with Crippen molar-refractivity contribution < 1.29 is 19.2 Å². The van der Waals surface area contributed by atoms with E-state index >= 15 is 0 Å². The zero-order chi connectivity index (χ0) is 22.4. The van der Waals surface area contributed by atoms with E-state index in [9.17, 15) is 14.9 Å². The predicted molar refractivity (Wildman–Crippen MR) is 117 cm³/mol. The number of methoxy groups -OCH3 is 1. The minimum atomic E-state index is -1.03. The average Bonchev–Trinajstić information content (AvgIpc) is 3.20. The maximum absolute atomic E-state index is 12.7. The summed E-state index contributed by atoms with van der Waals surface area (Å²) < 4.78 is 11.3. The van der Waals surface area contributed by atoms with Gasteiger partial charge in [-0.15, -0.1) is 0 Å². The number of nitrogens with one attached hydrogen (secondary N) is 1. The van der Waals surface area contributed by atoms with Gasteiger partial charge in [0.2, 0.25) is 6.04 Å². The summed E-state index contributed by atoms with van der Waals surface area (Å²) in [5.74, 6) is -1.17. The van der Waals surface area contributed by atoms with E-state index in [1.165, 1.54) is 7.11 Å². The number of benzene rings is 2. The molecule has 0 bridgehead atoms. The molecular weight excluding hydrogens is 396 g/mol. The summed E-state index contributed by atoms with van der Waals surface area (Å²) in [6.07, 6.45) is 0.274. The molecule has 0 spiro atoms. The Kier molecular flexibility index (Phi) is 7.76. The molecule has 166 valence electrons. The predicted octanol–water partition coefficient (Wildman–Crippen LogP) is 3.77. The van der Waals surface area contributed by atoms with Crippen molar-refractivity contribution in [2.75, 3.05) is 7.11 Å². The van der Waals surface area contributed by atoms with Gasteiger partial charge in [-0.25, -0.2) is 0 Å². The van der Waals surface area contributed by atoms with Crippen molar-refractivity contribution in [3.63, 3.8) is 0 Å². The molecule has 31 heavy (non-hydrogen) atoms. The first-order valence-electron chi connectivity index (χ1n) is 10.7. The van der Waals surface area contributed by atoms with Gasteiger partial charge in [-0.05, 0) is 17.0 Å². The van der Waals surface area contributed by atoms with E-state index in [0.717, 1.165) is 17.5 Å². The largest absolute Gasteiger partial charge is 0.468 e. The molecule has 2 aromatic rings. The van der Waals surface area contributed by atoms with Crippen LogP contribution in [0.3, 0.4) is 0 Å². The SMILES string of the molecule is CC[C@H](C)[C@H](OCc1ccccc1)[C@H]1[C@H]([N+](=O)[O-])[C@H](c2ccccc2)N[C@@H]1C(=O)OC. The molecule has 1 aliphatic rings. The third kappa shape index (κ3) is 5.11. The summed E-state index contributed by atoms with van der Waals surface area (Å²) in [5, 5.41) is 15.5. The molecule has 0 unspecified atom stereocenters. The zero-order valence-electron chi connectivity index (χ0n) is 18.1. The summed E-state index contributed by atoms with van der Waals surface area (Å²) in [5.41, 5.74) is 1.75. The van der Waals surface area contributed by atoms with Gasteiger partial charge in [-0.3, -0.25) is 20.2 Å². The molecule has 3 rings (SSSR count). The van der Waals surface area contributed by atoms with Crippen molar-refractivity contribution >= 4 is 5.97 Å². The van der Waals surface area contributed by atoms with Crippen LogP contribution in [0.4, 0.5) is 0 Å². The summed E-state index contributed by atoms with van der Waals surface area (Å²) in [6, 6.07) is 16.4. The van der Waals surface area contributed by atoms with E-state index in [1.807, 2.05) is 74.5 Å². The molecule has 6 atom stereocenters. The topological polar surface area (TPSA) is 90.7 Å². The number of carbonyl (C=O) groups is 1. The van der Waals surface area contributed by atoms with Crippen LogP contribution in [0.25, 0.3) is 0 Å². The minimum Gasteiger partial charge on any atom is -0.468 e. The highest BCUT2D eigenvalue weighted by Crippen LogP contribution is 2.40. The first-order valence-corrected chi connectivity index (χ1v) is 10.7. The summed E-state index contributed by atoms with van der Waals surface area (Å²) in [4.78, 5) is 24.7. The lowest BCUT2D eigenvalue weighted by atomic mass is 9.80. The molecule has 0 amide bonds. The Labute approximate surface area is 182 Å². The van der Waals surface area contributed by atoms with Crippen molar-refractivity contribution in [1.29, 1.82) is 0 Å². The lowest BCUT2D eigenvalue weighted by molar-refractivity contribution is -0.535. The Morgan fingerprint density at radius 3 is 2.29 bits per heavy atom. The Bertz CT molecular complexity index is 861. The van der Waals surface area contributed by atoms with Gasteiger partial charge in [-0.1, -0.05) is 80.9 Å². The molecular formula is C24H30N2O5. The number of nitro groups is 1. The maximum atomic E-state index is 12.7. The maximum Gasteiger partial charge on any atom is 0.323 e. The van der Waals surface area contributed by atoms with Gasteiger partial charge in [0, 0.05) is 4.92 Å². The van der Waals surface area contributed by atoms with Crippen LogP contribution in [0.2, 0.25) is 0 Å². The molecule has 7 nitrogen and oxygen atoms in total. The van der Waals surface area contributed by atoms with Crippen LogP contribution in [0, 0.1) is 22.0 Å². The number of rotatable bonds is 9. The fraction of sp³-hybridized carbons (Fsp3) is 0.458. The fourth-order valence-electron chi connectivity index (χ4n) is 4.43. The third-order valence-corrected chi connectivity index (χ3v) is 6.21. The Morgan fingerprint density at radius 2 is 1.74 bits per heavy atom. The molecule has 0 saturated carbocycles. The van der Waals surface area contributed by atoms with Crippen LogP contribution < -0.4 is 5.32 Å². The first kappa shape index (κ1) is 22.9. The van der Waals surface area contributed by atoms with Gasteiger partial charge in [0.05, 0.1) is 25.7 Å². The number of nitrogens with zero attached hydrogens (tertiary/aromatic N) is 1. The van der Waals surface area contributed by atoms with E-state index in [-0.39, 0.29) is 10.8 Å². The van der Waals surface area contributed by atoms with Crippen LogP contribution in [0.1, 0.15) is 37.4 Å². The second-order valence-electron chi connectivity index (χ2n) is 8.06. The zero-order valence-corrected chi connectivity index (χ0v) is 18.1. The smallest absolute Gasteiger partial charge is 0.323 e. The van der Waals surface area contributed by atoms with Gasteiger partial charge >= 0.3 is 5.97 Å². The summed E-state index contributed by atoms with van der Waals surface area (Å²) in [6.45, 7) is 4.35. The van der Waals surface area contributed by atoms with Crippen molar-refractivity contribution in [3.8, 4) is 0 Å². The second kappa shape index (κ2) is 10.5. The van der Waals surface area contributed by atoms with Crippen LogP contribution >= 0.6 is 0 Å². The standard InChI is InChI=1S/C24H30N2O5/c1-4-16(2)23(31-15-17-11-7-5-8-12-17)19-21(24(27)30-3)25-20(22(19)26(28)29)18-13-9-6-10-14-18/h5-14,16,19-23,25H,4,15H2,1-3H3/t16-,19+,20-,21-,22-,23-/m0/s1. The van der Waals surface area contributed by atoms with E-state index in [1.54, 1.807) is 0 Å². The van der Waals surface area contributed by atoms with E-state index in [0.29, 0.717) is 6.61 Å². The van der Waals surface area contributed by atoms with E-state index in [4.69, 9.17) is 9.47 Å². The van der Waals surface area contributed by atoms with Crippen molar-refractivity contribution in [2.45, 2.75) is 51.1 Å². The molecule has 0 aliphatic carbocycles. The molecule has 1 saturated heterocycles. The molecule has 0 aromatic heterocycles. The van der Waals surface area contributed by atoms with Crippen LogP contribution in [-0.2, 0) is 20.9 Å². The Morgan fingerprint density at radius 1 is 1.13 bits per heavy atom. The van der Waals surface area contributed by atoms with Crippen molar-refractivity contribution in [2.24, 2.45) is 11.8 Å². The second-order valence-corrected chi connectivity index (χ2v) is 8.06. The van der Waals surface area contributed by atoms with Crippen molar-refractivity contribution in [1.82, 2.24) is 5.32 Å². The van der Waals surface area contributed by atoms with Crippen LogP contribution in [0.5, 0.6) is 0 Å². The average molecular weight is 427 g/mol. The Balaban J connectivity index is 1.99. The number of hydrogen-bond donors (Lipinski definition) is 1. The highest BCUT2D eigenvalue weighted by molar-refractivity contribution is 5.77. The van der Waals surface area contributed by atoms with Crippen molar-refractivity contribution in [3.05, 3.63) is 81.9 Å². The van der Waals surface area contributed by atoms with Gasteiger partial charge in [0.25, 0.3) is 0 Å². The fourth-order valence-corrected chi connectivity index (χ4v) is 4.43. The summed E-state index contributed by atoms with van der Waals surface area (Å²) in [7, 11) is 1.31. The van der Waals surface area contributed by atoms with Gasteiger partial charge in [-0.2, -0.15) is 0 Å². The molecule has 7 heteroatoms. The molecule has 1 fully saturated rings. The number of carbonyl (C=O) groups excluding carboxylic acids is 1. The molecule has 1 aliphatic heterocycles. The molecule has 0 radical (unpaired) electrons. The van der Waals surface area contributed by atoms with E-state index in [2.05, 4.69) is 5.32 Å². The quantitative estimate of drug-likeness (QED) is 0.373.